The number of esters is 1. The molecule has 0 aliphatic carbocycles. The molecule has 4 aromatic rings. The number of nitrogens with one attached hydrogen (secondary N) is 1. The Kier molecular flexibility index (Phi) is 8.53. The highest BCUT2D eigenvalue weighted by Crippen LogP contribution is 2.38. The standard InChI is InChI=1S/C28H30N4O4S2/c1-16-8-10-22(19(4)11-16)36-13-23-30-31-28(32(23)5)38-15-24(33)29-26-25(27(34)35-6)21(14-37-26)20-12-17(2)7-9-18(20)3/h7-12,14H,13,15H2,1-6H3,(H,29,33). The second kappa shape index (κ2) is 11.8. The van der Waals surface area contributed by atoms with Crippen molar-refractivity contribution < 1.29 is 19.1 Å². The maximum Gasteiger partial charge on any atom is 0.341 e. The number of ether oxygens (including phenoxy) is 2. The first-order valence-electron chi connectivity index (χ1n) is 12.0. The lowest BCUT2D eigenvalue weighted by Gasteiger charge is -2.10. The summed E-state index contributed by atoms with van der Waals surface area (Å²) in [7, 11) is 3.18. The van der Waals surface area contributed by atoms with Gasteiger partial charge < -0.3 is 19.4 Å². The van der Waals surface area contributed by atoms with Crippen LogP contribution in [0.2, 0.25) is 0 Å². The number of thiophene rings is 1. The van der Waals surface area contributed by atoms with Gasteiger partial charge in [-0.1, -0.05) is 53.2 Å². The van der Waals surface area contributed by atoms with Crippen molar-refractivity contribution in [2.24, 2.45) is 7.05 Å². The molecule has 38 heavy (non-hydrogen) atoms. The highest BCUT2D eigenvalue weighted by molar-refractivity contribution is 7.99. The molecule has 0 unspecified atom stereocenters. The zero-order valence-electron chi connectivity index (χ0n) is 22.2. The van der Waals surface area contributed by atoms with E-state index in [4.69, 9.17) is 9.47 Å². The highest BCUT2D eigenvalue weighted by atomic mass is 32.2. The van der Waals surface area contributed by atoms with E-state index in [-0.39, 0.29) is 18.3 Å². The summed E-state index contributed by atoms with van der Waals surface area (Å²) in [6.07, 6.45) is 0. The van der Waals surface area contributed by atoms with Crippen molar-refractivity contribution in [3.8, 4) is 16.9 Å². The SMILES string of the molecule is COC(=O)c1c(-c2cc(C)ccc2C)csc1NC(=O)CSc1nnc(COc2ccc(C)cc2C)n1C. The fraction of sp³-hybridized carbons (Fsp3) is 0.286. The Balaban J connectivity index is 1.43. The second-order valence-corrected chi connectivity index (χ2v) is 10.8. The fourth-order valence-corrected chi connectivity index (χ4v) is 5.67. The molecule has 0 saturated heterocycles. The third kappa shape index (κ3) is 6.08. The third-order valence-corrected chi connectivity index (χ3v) is 7.98. The van der Waals surface area contributed by atoms with Crippen LogP contribution in [0.25, 0.3) is 11.1 Å². The molecular formula is C28H30N4O4S2. The van der Waals surface area contributed by atoms with E-state index in [0.717, 1.165) is 33.6 Å². The molecule has 1 amide bonds. The Hall–Kier alpha value is -3.63. The van der Waals surface area contributed by atoms with Crippen LogP contribution in [0.15, 0.2) is 46.9 Å². The number of aromatic nitrogens is 3. The third-order valence-electron chi connectivity index (χ3n) is 6.06. The van der Waals surface area contributed by atoms with Gasteiger partial charge >= 0.3 is 5.97 Å². The van der Waals surface area contributed by atoms with Gasteiger partial charge in [0.15, 0.2) is 11.0 Å². The van der Waals surface area contributed by atoms with Crippen molar-refractivity contribution in [2.45, 2.75) is 39.5 Å². The number of hydrogen-bond donors (Lipinski definition) is 1. The van der Waals surface area contributed by atoms with Crippen LogP contribution in [0.4, 0.5) is 5.00 Å². The number of aryl methyl sites for hydroxylation is 4. The quantitative estimate of drug-likeness (QED) is 0.206. The number of benzene rings is 2. The monoisotopic (exact) mass is 550 g/mol. The summed E-state index contributed by atoms with van der Waals surface area (Å²) in [5.41, 5.74) is 6.38. The maximum absolute atomic E-state index is 12.9. The zero-order chi connectivity index (χ0) is 27.4. The van der Waals surface area contributed by atoms with Gasteiger partial charge in [-0.25, -0.2) is 4.79 Å². The molecule has 2 heterocycles. The molecule has 4 rings (SSSR count). The summed E-state index contributed by atoms with van der Waals surface area (Å²) >= 11 is 2.56. The van der Waals surface area contributed by atoms with Crippen LogP contribution in [0.5, 0.6) is 5.75 Å². The predicted octanol–water partition coefficient (Wildman–Crippen LogP) is 5.87. The van der Waals surface area contributed by atoms with Crippen molar-refractivity contribution in [1.29, 1.82) is 0 Å². The average molecular weight is 551 g/mol. The summed E-state index contributed by atoms with van der Waals surface area (Å²) in [6, 6.07) is 12.1. The van der Waals surface area contributed by atoms with Gasteiger partial charge in [-0.15, -0.1) is 21.5 Å². The van der Waals surface area contributed by atoms with E-state index in [1.807, 2.05) is 75.0 Å². The van der Waals surface area contributed by atoms with Gasteiger partial charge in [-0.05, 0) is 50.5 Å². The lowest BCUT2D eigenvalue weighted by atomic mass is 9.97. The minimum Gasteiger partial charge on any atom is -0.485 e. The minimum absolute atomic E-state index is 0.0984. The lowest BCUT2D eigenvalue weighted by molar-refractivity contribution is -0.113. The number of rotatable bonds is 9. The molecule has 198 valence electrons. The Morgan fingerprint density at radius 1 is 1.00 bits per heavy atom. The molecule has 0 radical (unpaired) electrons. The molecule has 0 saturated carbocycles. The fourth-order valence-electron chi connectivity index (χ4n) is 3.97. The molecule has 0 bridgehead atoms. The van der Waals surface area contributed by atoms with E-state index < -0.39 is 5.97 Å². The summed E-state index contributed by atoms with van der Waals surface area (Å²) < 4.78 is 12.8. The second-order valence-electron chi connectivity index (χ2n) is 9.02. The van der Waals surface area contributed by atoms with Crippen LogP contribution < -0.4 is 10.1 Å². The van der Waals surface area contributed by atoms with Crippen molar-refractivity contribution in [2.75, 3.05) is 18.2 Å². The van der Waals surface area contributed by atoms with Gasteiger partial charge in [0.25, 0.3) is 0 Å². The van der Waals surface area contributed by atoms with E-state index in [1.54, 1.807) is 0 Å². The van der Waals surface area contributed by atoms with E-state index in [0.29, 0.717) is 21.5 Å². The van der Waals surface area contributed by atoms with Gasteiger partial charge in [-0.3, -0.25) is 4.79 Å². The van der Waals surface area contributed by atoms with Gasteiger partial charge in [-0.2, -0.15) is 0 Å². The minimum atomic E-state index is -0.494. The van der Waals surface area contributed by atoms with E-state index in [9.17, 15) is 9.59 Å². The number of hydrogen-bond acceptors (Lipinski definition) is 8. The van der Waals surface area contributed by atoms with E-state index >= 15 is 0 Å². The summed E-state index contributed by atoms with van der Waals surface area (Å²) in [5.74, 6) is 0.792. The smallest absolute Gasteiger partial charge is 0.341 e. The largest absolute Gasteiger partial charge is 0.485 e. The van der Waals surface area contributed by atoms with Crippen molar-refractivity contribution in [3.05, 3.63) is 75.4 Å². The van der Waals surface area contributed by atoms with Gasteiger partial charge in [0.1, 0.15) is 22.9 Å². The number of anilines is 1. The van der Waals surface area contributed by atoms with Gasteiger partial charge in [0, 0.05) is 18.0 Å². The number of amides is 1. The maximum atomic E-state index is 12.9. The zero-order valence-corrected chi connectivity index (χ0v) is 23.9. The van der Waals surface area contributed by atoms with Crippen molar-refractivity contribution in [3.63, 3.8) is 0 Å². The topological polar surface area (TPSA) is 95.3 Å². The highest BCUT2D eigenvalue weighted by Gasteiger charge is 2.23. The molecule has 2 aromatic carbocycles. The van der Waals surface area contributed by atoms with Crippen LogP contribution in [-0.2, 0) is 23.2 Å². The predicted molar refractivity (Wildman–Crippen MR) is 151 cm³/mol. The van der Waals surface area contributed by atoms with Crippen LogP contribution in [0, 0.1) is 27.7 Å². The molecule has 2 aromatic heterocycles. The Morgan fingerprint density at radius 3 is 2.47 bits per heavy atom. The molecule has 0 aliphatic heterocycles. The van der Waals surface area contributed by atoms with Gasteiger partial charge in [0.2, 0.25) is 5.91 Å². The first-order valence-corrected chi connectivity index (χ1v) is 13.8. The van der Waals surface area contributed by atoms with E-state index in [2.05, 4.69) is 21.6 Å². The molecule has 0 aliphatic rings. The van der Waals surface area contributed by atoms with Crippen molar-refractivity contribution in [1.82, 2.24) is 14.8 Å². The average Bonchev–Trinajstić information content (AvgIpc) is 3.46. The number of carbonyl (C=O) groups is 2. The Labute approximate surface area is 230 Å². The number of nitrogens with zero attached hydrogens (tertiary/aromatic N) is 3. The molecule has 0 spiro atoms. The summed E-state index contributed by atoms with van der Waals surface area (Å²) in [4.78, 5) is 25.5. The van der Waals surface area contributed by atoms with Crippen LogP contribution in [-0.4, -0.2) is 39.5 Å². The van der Waals surface area contributed by atoms with Gasteiger partial charge in [0.05, 0.1) is 12.9 Å². The molecule has 10 heteroatoms. The van der Waals surface area contributed by atoms with Crippen molar-refractivity contribution >= 4 is 40.0 Å². The Morgan fingerprint density at radius 2 is 1.74 bits per heavy atom. The molecule has 0 fully saturated rings. The normalized spacial score (nSPS) is 10.9. The molecule has 8 nitrogen and oxygen atoms in total. The number of methoxy groups -OCH3 is 1. The summed E-state index contributed by atoms with van der Waals surface area (Å²) in [5, 5.41) is 14.2. The molecular weight excluding hydrogens is 520 g/mol. The van der Waals surface area contributed by atoms with Crippen LogP contribution in [0.1, 0.15) is 38.4 Å². The first-order chi connectivity index (χ1) is 18.2. The van der Waals surface area contributed by atoms with Crippen LogP contribution in [0.3, 0.4) is 0 Å². The lowest BCUT2D eigenvalue weighted by Crippen LogP contribution is -2.16. The molecule has 0 atom stereocenters. The summed E-state index contributed by atoms with van der Waals surface area (Å²) in [6.45, 7) is 8.30. The Bertz CT molecular complexity index is 1490. The number of carbonyl (C=O) groups excluding carboxylic acids is 2. The number of thioether (sulfide) groups is 1. The van der Waals surface area contributed by atoms with E-state index in [1.165, 1.54) is 35.8 Å². The molecule has 1 N–H and O–H groups in total. The van der Waals surface area contributed by atoms with Crippen LogP contribution >= 0.6 is 23.1 Å². The first kappa shape index (κ1) is 27.4.